The van der Waals surface area contributed by atoms with Crippen molar-refractivity contribution in [2.75, 3.05) is 20.3 Å². The monoisotopic (exact) mass is 203 g/mol. The van der Waals surface area contributed by atoms with Crippen LogP contribution in [0, 0.1) is 0 Å². The van der Waals surface area contributed by atoms with E-state index in [-0.39, 0.29) is 25.4 Å². The average molecular weight is 203 g/mol. The number of carbonyl (C=O) groups excluding carboxylic acids is 1. The molecule has 0 aromatic rings. The maximum atomic E-state index is 11.1. The molecule has 0 aromatic carbocycles. The molecular formula is C9H17NO4. The van der Waals surface area contributed by atoms with Gasteiger partial charge in [0.15, 0.2) is 0 Å². The lowest BCUT2D eigenvalue weighted by Crippen LogP contribution is -2.34. The number of hydrogen-bond donors (Lipinski definition) is 2. The molecule has 0 bridgehead atoms. The Bertz CT molecular complexity index is 186. The van der Waals surface area contributed by atoms with E-state index in [1.807, 2.05) is 0 Å². The molecule has 14 heavy (non-hydrogen) atoms. The number of hydrogen-bond acceptors (Lipinski definition) is 4. The van der Waals surface area contributed by atoms with Crippen molar-refractivity contribution in [2.24, 2.45) is 0 Å². The van der Waals surface area contributed by atoms with Crippen molar-refractivity contribution in [1.82, 2.24) is 5.32 Å². The molecule has 82 valence electrons. The maximum Gasteiger partial charge on any atom is 0.407 e. The molecule has 2 atom stereocenters. The van der Waals surface area contributed by atoms with Crippen LogP contribution in [0.25, 0.3) is 0 Å². The second-order valence-electron chi connectivity index (χ2n) is 3.37. The van der Waals surface area contributed by atoms with Crippen molar-refractivity contribution in [2.45, 2.75) is 31.4 Å². The fraction of sp³-hybridized carbons (Fsp3) is 0.889. The molecule has 0 radical (unpaired) electrons. The molecule has 1 aliphatic carbocycles. The van der Waals surface area contributed by atoms with Crippen molar-refractivity contribution in [1.29, 1.82) is 0 Å². The number of aliphatic hydroxyl groups is 1. The molecular weight excluding hydrogens is 186 g/mol. The first kappa shape index (κ1) is 11.3. The third kappa shape index (κ3) is 3.51. The molecule has 2 N–H and O–H groups in total. The fourth-order valence-electron chi connectivity index (χ4n) is 1.63. The zero-order chi connectivity index (χ0) is 10.4. The van der Waals surface area contributed by atoms with E-state index in [1.165, 1.54) is 0 Å². The molecule has 0 aliphatic heterocycles. The summed E-state index contributed by atoms with van der Waals surface area (Å²) >= 11 is 0. The molecule has 0 heterocycles. The summed E-state index contributed by atoms with van der Waals surface area (Å²) in [6.07, 6.45) is 2.53. The van der Waals surface area contributed by atoms with Crippen LogP contribution in [0.2, 0.25) is 0 Å². The van der Waals surface area contributed by atoms with E-state index < -0.39 is 6.09 Å². The maximum absolute atomic E-state index is 11.1. The third-order valence-electron chi connectivity index (χ3n) is 2.36. The number of nitrogens with one attached hydrogen (secondary N) is 1. The number of rotatable bonds is 4. The van der Waals surface area contributed by atoms with Gasteiger partial charge >= 0.3 is 6.09 Å². The lowest BCUT2D eigenvalue weighted by Gasteiger charge is -2.12. The summed E-state index contributed by atoms with van der Waals surface area (Å²) in [6.45, 7) is -0.0922. The molecule has 0 saturated heterocycles. The van der Waals surface area contributed by atoms with Gasteiger partial charge in [0.05, 0.1) is 12.7 Å². The van der Waals surface area contributed by atoms with E-state index in [9.17, 15) is 4.79 Å². The topological polar surface area (TPSA) is 67.8 Å². The van der Waals surface area contributed by atoms with Gasteiger partial charge in [-0.3, -0.25) is 0 Å². The van der Waals surface area contributed by atoms with E-state index in [2.05, 4.69) is 10.1 Å². The van der Waals surface area contributed by atoms with Crippen LogP contribution in [0.3, 0.4) is 0 Å². The number of carbonyl (C=O) groups is 1. The molecule has 0 spiro atoms. The number of amides is 1. The molecule has 1 rings (SSSR count). The van der Waals surface area contributed by atoms with Crippen LogP contribution in [0.5, 0.6) is 0 Å². The summed E-state index contributed by atoms with van der Waals surface area (Å²) < 4.78 is 9.85. The third-order valence-corrected chi connectivity index (χ3v) is 2.36. The van der Waals surface area contributed by atoms with Gasteiger partial charge < -0.3 is 19.9 Å². The molecule has 1 saturated carbocycles. The summed E-state index contributed by atoms with van der Waals surface area (Å²) in [6, 6.07) is 0.145. The van der Waals surface area contributed by atoms with Gasteiger partial charge in [0.2, 0.25) is 0 Å². The van der Waals surface area contributed by atoms with Crippen LogP contribution < -0.4 is 5.32 Å². The van der Waals surface area contributed by atoms with Gasteiger partial charge in [0.25, 0.3) is 0 Å². The van der Waals surface area contributed by atoms with E-state index >= 15 is 0 Å². The van der Waals surface area contributed by atoms with Crippen molar-refractivity contribution < 1.29 is 19.4 Å². The summed E-state index contributed by atoms with van der Waals surface area (Å²) in [7, 11) is 1.68. The predicted molar refractivity (Wildman–Crippen MR) is 50.0 cm³/mol. The molecule has 1 aliphatic rings. The van der Waals surface area contributed by atoms with Gasteiger partial charge in [-0.2, -0.15) is 0 Å². The minimum atomic E-state index is -0.458. The average Bonchev–Trinajstić information content (AvgIpc) is 2.62. The number of aliphatic hydroxyl groups excluding tert-OH is 1. The van der Waals surface area contributed by atoms with Crippen LogP contribution in [0.1, 0.15) is 19.3 Å². The minimum absolute atomic E-state index is 0.0479. The molecule has 0 aromatic heterocycles. The van der Waals surface area contributed by atoms with Gasteiger partial charge in [0, 0.05) is 13.2 Å². The Morgan fingerprint density at radius 2 is 2.36 bits per heavy atom. The lowest BCUT2D eigenvalue weighted by molar-refractivity contribution is 0.102. The quantitative estimate of drug-likeness (QED) is 0.688. The summed E-state index contributed by atoms with van der Waals surface area (Å²) in [4.78, 5) is 11.1. The fourth-order valence-corrected chi connectivity index (χ4v) is 1.63. The second-order valence-corrected chi connectivity index (χ2v) is 3.37. The Labute approximate surface area is 83.4 Å². The number of alkyl carbamates (subject to hydrolysis) is 1. The molecule has 5 nitrogen and oxygen atoms in total. The predicted octanol–water partition coefficient (Wildman–Crippen LogP) is 0.272. The molecule has 1 fully saturated rings. The normalized spacial score (nSPS) is 26.1. The number of methoxy groups -OCH3 is 1. The first-order valence-electron chi connectivity index (χ1n) is 4.83. The van der Waals surface area contributed by atoms with Crippen molar-refractivity contribution in [3.05, 3.63) is 0 Å². The van der Waals surface area contributed by atoms with Gasteiger partial charge in [-0.1, -0.05) is 0 Å². The van der Waals surface area contributed by atoms with E-state index in [0.29, 0.717) is 0 Å². The van der Waals surface area contributed by atoms with Crippen LogP contribution in [0.4, 0.5) is 4.79 Å². The van der Waals surface area contributed by atoms with Gasteiger partial charge in [-0.25, -0.2) is 4.79 Å². The first-order chi connectivity index (χ1) is 6.76. The number of ether oxygens (including phenoxy) is 2. The summed E-state index contributed by atoms with van der Waals surface area (Å²) in [5.41, 5.74) is 0. The van der Waals surface area contributed by atoms with Crippen LogP contribution in [-0.2, 0) is 9.47 Å². The lowest BCUT2D eigenvalue weighted by atomic mass is 10.2. The minimum Gasteiger partial charge on any atom is -0.447 e. The zero-order valence-corrected chi connectivity index (χ0v) is 8.36. The highest BCUT2D eigenvalue weighted by Crippen LogP contribution is 2.21. The first-order valence-corrected chi connectivity index (χ1v) is 4.83. The van der Waals surface area contributed by atoms with Crippen molar-refractivity contribution in [3.8, 4) is 0 Å². The van der Waals surface area contributed by atoms with Crippen LogP contribution in [0.15, 0.2) is 0 Å². The van der Waals surface area contributed by atoms with Gasteiger partial charge in [-0.05, 0) is 19.3 Å². The highest BCUT2D eigenvalue weighted by molar-refractivity contribution is 5.67. The SMILES string of the molecule is COC1CCC(NC(=O)OCCO)C1. The summed E-state index contributed by atoms with van der Waals surface area (Å²) in [5, 5.41) is 11.2. The smallest absolute Gasteiger partial charge is 0.407 e. The van der Waals surface area contributed by atoms with Crippen molar-refractivity contribution in [3.63, 3.8) is 0 Å². The Hall–Kier alpha value is -0.810. The van der Waals surface area contributed by atoms with Gasteiger partial charge in [-0.15, -0.1) is 0 Å². The Kier molecular flexibility index (Phi) is 4.69. The molecule has 5 heteroatoms. The molecule has 2 unspecified atom stereocenters. The Balaban J connectivity index is 2.15. The van der Waals surface area contributed by atoms with E-state index in [0.717, 1.165) is 19.3 Å². The second kappa shape index (κ2) is 5.82. The van der Waals surface area contributed by atoms with Crippen LogP contribution >= 0.6 is 0 Å². The summed E-state index contributed by atoms with van der Waals surface area (Å²) in [5.74, 6) is 0. The van der Waals surface area contributed by atoms with E-state index in [4.69, 9.17) is 9.84 Å². The highest BCUT2D eigenvalue weighted by Gasteiger charge is 2.25. The van der Waals surface area contributed by atoms with E-state index in [1.54, 1.807) is 7.11 Å². The van der Waals surface area contributed by atoms with Crippen LogP contribution in [-0.4, -0.2) is 43.7 Å². The standard InChI is InChI=1S/C9H17NO4/c1-13-8-3-2-7(6-8)10-9(12)14-5-4-11/h7-8,11H,2-6H2,1H3,(H,10,12). The largest absolute Gasteiger partial charge is 0.447 e. The molecule has 1 amide bonds. The zero-order valence-electron chi connectivity index (χ0n) is 8.36. The Morgan fingerprint density at radius 3 is 2.93 bits per heavy atom. The Morgan fingerprint density at radius 1 is 1.57 bits per heavy atom. The highest BCUT2D eigenvalue weighted by atomic mass is 16.6. The van der Waals surface area contributed by atoms with Crippen molar-refractivity contribution >= 4 is 6.09 Å². The van der Waals surface area contributed by atoms with Gasteiger partial charge in [0.1, 0.15) is 6.61 Å².